The Labute approximate surface area is 145 Å². The van der Waals surface area contributed by atoms with Gasteiger partial charge >= 0.3 is 0 Å². The van der Waals surface area contributed by atoms with Gasteiger partial charge in [0.25, 0.3) is 0 Å². The van der Waals surface area contributed by atoms with Crippen molar-refractivity contribution in [3.8, 4) is 0 Å². The Kier molecular flexibility index (Phi) is 8.04. The molecule has 0 atom stereocenters. The molecule has 0 radical (unpaired) electrons. The van der Waals surface area contributed by atoms with Crippen molar-refractivity contribution >= 4 is 5.96 Å². The van der Waals surface area contributed by atoms with Crippen molar-refractivity contribution in [2.45, 2.75) is 26.8 Å². The summed E-state index contributed by atoms with van der Waals surface area (Å²) in [6.07, 6.45) is 2.74. The van der Waals surface area contributed by atoms with E-state index < -0.39 is 0 Å². The summed E-state index contributed by atoms with van der Waals surface area (Å²) < 4.78 is 10.5. The van der Waals surface area contributed by atoms with Gasteiger partial charge in [0, 0.05) is 59.0 Å². The van der Waals surface area contributed by atoms with Gasteiger partial charge in [-0.1, -0.05) is 19.0 Å². The molecule has 0 unspecified atom stereocenters. The quantitative estimate of drug-likeness (QED) is 0.440. The molecular formula is C17H31N5O2. The third-order valence-corrected chi connectivity index (χ3v) is 4.13. The van der Waals surface area contributed by atoms with Crippen molar-refractivity contribution in [1.29, 1.82) is 0 Å². The third-order valence-electron chi connectivity index (χ3n) is 4.13. The second-order valence-electron chi connectivity index (χ2n) is 6.52. The van der Waals surface area contributed by atoms with Crippen LogP contribution < -0.4 is 5.32 Å². The molecule has 1 aliphatic heterocycles. The van der Waals surface area contributed by atoms with Crippen molar-refractivity contribution in [1.82, 2.24) is 20.3 Å². The molecule has 2 heterocycles. The predicted molar refractivity (Wildman–Crippen MR) is 95.0 cm³/mol. The lowest BCUT2D eigenvalue weighted by Crippen LogP contribution is -2.52. The van der Waals surface area contributed by atoms with E-state index in [1.807, 2.05) is 13.1 Å². The average molecular weight is 337 g/mol. The van der Waals surface area contributed by atoms with Crippen molar-refractivity contribution in [2.75, 3.05) is 53.0 Å². The third kappa shape index (κ3) is 6.49. The molecule has 1 fully saturated rings. The lowest BCUT2D eigenvalue weighted by atomic mass is 10.1. The van der Waals surface area contributed by atoms with Crippen molar-refractivity contribution < 1.29 is 9.26 Å². The van der Waals surface area contributed by atoms with Crippen LogP contribution in [0.1, 0.15) is 26.0 Å². The molecule has 0 bridgehead atoms. The molecular weight excluding hydrogens is 306 g/mol. The minimum absolute atomic E-state index is 0.694. The summed E-state index contributed by atoms with van der Waals surface area (Å²) in [6.45, 7) is 11.5. The Bertz CT molecular complexity index is 467. The standard InChI is InChI=1S/C17H31N5O2/c1-15(2)4-11-23-13-6-19-17(18-3)22-9-7-21(8-10-22)14-16-5-12-24-20-16/h5,12,15H,4,6-11,13-14H2,1-3H3,(H,18,19). The van der Waals surface area contributed by atoms with E-state index in [0.29, 0.717) is 5.92 Å². The highest BCUT2D eigenvalue weighted by atomic mass is 16.5. The molecule has 7 nitrogen and oxygen atoms in total. The number of hydrogen-bond acceptors (Lipinski definition) is 5. The van der Waals surface area contributed by atoms with E-state index in [4.69, 9.17) is 9.26 Å². The Morgan fingerprint density at radius 2 is 2.12 bits per heavy atom. The summed E-state index contributed by atoms with van der Waals surface area (Å²) in [4.78, 5) is 9.07. The van der Waals surface area contributed by atoms with Gasteiger partial charge in [-0.05, 0) is 12.3 Å². The molecule has 7 heteroatoms. The van der Waals surface area contributed by atoms with Gasteiger partial charge in [-0.15, -0.1) is 0 Å². The Balaban J connectivity index is 1.62. The second-order valence-corrected chi connectivity index (χ2v) is 6.52. The van der Waals surface area contributed by atoms with E-state index in [2.05, 4.69) is 39.1 Å². The van der Waals surface area contributed by atoms with Gasteiger partial charge in [0.15, 0.2) is 5.96 Å². The minimum Gasteiger partial charge on any atom is -0.380 e. The monoisotopic (exact) mass is 337 g/mol. The normalized spacial score (nSPS) is 16.8. The van der Waals surface area contributed by atoms with Crippen LogP contribution >= 0.6 is 0 Å². The molecule has 0 aromatic carbocycles. The highest BCUT2D eigenvalue weighted by molar-refractivity contribution is 5.79. The first-order chi connectivity index (χ1) is 11.7. The summed E-state index contributed by atoms with van der Waals surface area (Å²) in [7, 11) is 1.84. The number of nitrogens with one attached hydrogen (secondary N) is 1. The highest BCUT2D eigenvalue weighted by Gasteiger charge is 2.20. The number of hydrogen-bond donors (Lipinski definition) is 1. The summed E-state index contributed by atoms with van der Waals surface area (Å²) in [5.41, 5.74) is 0.990. The topological polar surface area (TPSA) is 66.1 Å². The first-order valence-corrected chi connectivity index (χ1v) is 8.84. The number of piperazine rings is 1. The lowest BCUT2D eigenvalue weighted by molar-refractivity contribution is 0.126. The first-order valence-electron chi connectivity index (χ1n) is 8.84. The summed E-state index contributed by atoms with van der Waals surface area (Å²) in [6, 6.07) is 1.92. The number of rotatable bonds is 8. The zero-order chi connectivity index (χ0) is 17.2. The maximum atomic E-state index is 5.64. The maximum absolute atomic E-state index is 5.64. The fourth-order valence-electron chi connectivity index (χ4n) is 2.65. The number of aromatic nitrogens is 1. The van der Waals surface area contributed by atoms with Gasteiger partial charge < -0.3 is 19.5 Å². The predicted octanol–water partition coefficient (Wildman–Crippen LogP) is 1.43. The molecule has 1 saturated heterocycles. The van der Waals surface area contributed by atoms with Gasteiger partial charge in [-0.25, -0.2) is 0 Å². The Morgan fingerprint density at radius 3 is 2.75 bits per heavy atom. The number of aliphatic imine (C=N–C) groups is 1. The minimum atomic E-state index is 0.694. The molecule has 2 rings (SSSR count). The zero-order valence-corrected chi connectivity index (χ0v) is 15.2. The summed E-state index contributed by atoms with van der Waals surface area (Å²) >= 11 is 0. The van der Waals surface area contributed by atoms with Crippen LogP contribution in [0, 0.1) is 5.92 Å². The highest BCUT2D eigenvalue weighted by Crippen LogP contribution is 2.07. The van der Waals surface area contributed by atoms with Crippen LogP contribution in [-0.4, -0.2) is 73.9 Å². The van der Waals surface area contributed by atoms with Gasteiger partial charge in [-0.3, -0.25) is 9.89 Å². The number of guanidine groups is 1. The van der Waals surface area contributed by atoms with Crippen LogP contribution in [0.4, 0.5) is 0 Å². The van der Waals surface area contributed by atoms with Crippen LogP contribution in [0.25, 0.3) is 0 Å². The summed E-state index contributed by atoms with van der Waals surface area (Å²) in [5.74, 6) is 1.66. The maximum Gasteiger partial charge on any atom is 0.193 e. The summed E-state index contributed by atoms with van der Waals surface area (Å²) in [5, 5.41) is 7.37. The largest absolute Gasteiger partial charge is 0.380 e. The number of ether oxygens (including phenoxy) is 1. The molecule has 24 heavy (non-hydrogen) atoms. The molecule has 1 N–H and O–H groups in total. The number of nitrogens with zero attached hydrogens (tertiary/aromatic N) is 4. The van der Waals surface area contributed by atoms with Gasteiger partial charge in [0.2, 0.25) is 0 Å². The molecule has 1 aromatic rings. The Hall–Kier alpha value is -1.60. The van der Waals surface area contributed by atoms with Crippen LogP contribution in [0.2, 0.25) is 0 Å². The van der Waals surface area contributed by atoms with Crippen LogP contribution in [0.5, 0.6) is 0 Å². The molecule has 0 saturated carbocycles. The van der Waals surface area contributed by atoms with Crippen LogP contribution in [0.3, 0.4) is 0 Å². The SMILES string of the molecule is CN=C(NCCOCCC(C)C)N1CCN(Cc2ccon2)CC1. The van der Waals surface area contributed by atoms with E-state index in [-0.39, 0.29) is 0 Å². The van der Waals surface area contributed by atoms with Gasteiger partial charge in [-0.2, -0.15) is 0 Å². The lowest BCUT2D eigenvalue weighted by Gasteiger charge is -2.36. The van der Waals surface area contributed by atoms with E-state index >= 15 is 0 Å². The van der Waals surface area contributed by atoms with Crippen molar-refractivity contribution in [3.05, 3.63) is 18.0 Å². The van der Waals surface area contributed by atoms with Crippen LogP contribution in [0.15, 0.2) is 21.8 Å². The van der Waals surface area contributed by atoms with Gasteiger partial charge in [0.1, 0.15) is 6.26 Å². The smallest absolute Gasteiger partial charge is 0.193 e. The fourth-order valence-corrected chi connectivity index (χ4v) is 2.65. The van der Waals surface area contributed by atoms with E-state index in [9.17, 15) is 0 Å². The molecule has 0 aliphatic carbocycles. The zero-order valence-electron chi connectivity index (χ0n) is 15.2. The molecule has 0 spiro atoms. The molecule has 1 aromatic heterocycles. The van der Waals surface area contributed by atoms with E-state index in [1.54, 1.807) is 6.26 Å². The van der Waals surface area contributed by atoms with E-state index in [1.165, 1.54) is 0 Å². The second kappa shape index (κ2) is 10.3. The van der Waals surface area contributed by atoms with Gasteiger partial charge in [0.05, 0.1) is 12.3 Å². The molecule has 1 aliphatic rings. The average Bonchev–Trinajstić information content (AvgIpc) is 3.08. The fraction of sp³-hybridized carbons (Fsp3) is 0.765. The van der Waals surface area contributed by atoms with Crippen molar-refractivity contribution in [2.24, 2.45) is 10.9 Å². The molecule has 0 amide bonds. The van der Waals surface area contributed by atoms with Crippen LogP contribution in [-0.2, 0) is 11.3 Å². The first kappa shape index (κ1) is 18.7. The van der Waals surface area contributed by atoms with Crippen molar-refractivity contribution in [3.63, 3.8) is 0 Å². The molecule has 136 valence electrons. The Morgan fingerprint density at radius 1 is 1.33 bits per heavy atom. The van der Waals surface area contributed by atoms with E-state index in [0.717, 1.165) is 70.6 Å².